The fraction of sp³-hybridized carbons (Fsp3) is 0.462. The van der Waals surface area contributed by atoms with Gasteiger partial charge in [-0.1, -0.05) is 0 Å². The highest BCUT2D eigenvalue weighted by Gasteiger charge is 2.29. The highest BCUT2D eigenvalue weighted by atomic mass is 32.2. The summed E-state index contributed by atoms with van der Waals surface area (Å²) in [5.74, 6) is -1.26. The first-order valence-corrected chi connectivity index (χ1v) is 8.31. The Morgan fingerprint density at radius 3 is 2.71 bits per heavy atom. The number of amides is 2. The number of carbonyl (C=O) groups is 1. The molecule has 2 N–H and O–H groups in total. The van der Waals surface area contributed by atoms with E-state index in [-0.39, 0.29) is 17.1 Å². The standard InChI is InChI=1S/C13H16F2N2O3S/c1-8(11-6-9(14)2-3-12(11)15)16-13(18)17-10-4-5-21(19,20)7-10/h2-3,6,8,10H,4-5,7H2,1H3,(H2,16,17,18)/t8-,10+/m1/s1. The van der Waals surface area contributed by atoms with Crippen molar-refractivity contribution in [3.05, 3.63) is 35.4 Å². The van der Waals surface area contributed by atoms with E-state index in [2.05, 4.69) is 10.6 Å². The molecule has 0 unspecified atom stereocenters. The van der Waals surface area contributed by atoms with Crippen LogP contribution in [0.25, 0.3) is 0 Å². The van der Waals surface area contributed by atoms with Crippen molar-refractivity contribution in [3.63, 3.8) is 0 Å². The lowest BCUT2D eigenvalue weighted by Crippen LogP contribution is -2.43. The molecule has 1 heterocycles. The fourth-order valence-electron chi connectivity index (χ4n) is 2.26. The van der Waals surface area contributed by atoms with Gasteiger partial charge in [-0.05, 0) is 31.5 Å². The molecule has 8 heteroatoms. The van der Waals surface area contributed by atoms with E-state index in [1.54, 1.807) is 0 Å². The predicted molar refractivity (Wildman–Crippen MR) is 73.5 cm³/mol. The zero-order chi connectivity index (χ0) is 15.6. The first-order valence-electron chi connectivity index (χ1n) is 6.49. The van der Waals surface area contributed by atoms with E-state index in [0.717, 1.165) is 18.2 Å². The number of halogens is 2. The van der Waals surface area contributed by atoms with Crippen molar-refractivity contribution in [2.45, 2.75) is 25.4 Å². The van der Waals surface area contributed by atoms with Crippen molar-refractivity contribution >= 4 is 15.9 Å². The number of carbonyl (C=O) groups excluding carboxylic acids is 1. The molecule has 1 aliphatic heterocycles. The lowest BCUT2D eigenvalue weighted by Gasteiger charge is -2.18. The van der Waals surface area contributed by atoms with Gasteiger partial charge in [0.05, 0.1) is 17.5 Å². The van der Waals surface area contributed by atoms with Gasteiger partial charge in [-0.3, -0.25) is 0 Å². The lowest BCUT2D eigenvalue weighted by molar-refractivity contribution is 0.234. The number of hydrogen-bond acceptors (Lipinski definition) is 3. The molecule has 5 nitrogen and oxygen atoms in total. The summed E-state index contributed by atoms with van der Waals surface area (Å²) < 4.78 is 49.2. The molecule has 0 aromatic heterocycles. The summed E-state index contributed by atoms with van der Waals surface area (Å²) in [6.45, 7) is 1.52. The maximum atomic E-state index is 13.6. The Kier molecular flexibility index (Phi) is 4.46. The molecule has 2 atom stereocenters. The van der Waals surface area contributed by atoms with E-state index in [9.17, 15) is 22.0 Å². The van der Waals surface area contributed by atoms with Gasteiger partial charge < -0.3 is 10.6 Å². The van der Waals surface area contributed by atoms with Gasteiger partial charge >= 0.3 is 6.03 Å². The van der Waals surface area contributed by atoms with Crippen LogP contribution in [0.3, 0.4) is 0 Å². The average Bonchev–Trinajstić information content (AvgIpc) is 2.71. The summed E-state index contributed by atoms with van der Waals surface area (Å²) in [7, 11) is -3.09. The maximum Gasteiger partial charge on any atom is 0.315 e. The molecule has 1 fully saturated rings. The number of urea groups is 1. The second-order valence-corrected chi connectivity index (χ2v) is 7.33. The topological polar surface area (TPSA) is 75.3 Å². The maximum absolute atomic E-state index is 13.6. The zero-order valence-corrected chi connectivity index (χ0v) is 12.2. The molecule has 2 rings (SSSR count). The fourth-order valence-corrected chi connectivity index (χ4v) is 3.93. The first-order chi connectivity index (χ1) is 9.77. The summed E-state index contributed by atoms with van der Waals surface area (Å²) in [6, 6.07) is 1.21. The normalized spacial score (nSPS) is 21.8. The molecule has 21 heavy (non-hydrogen) atoms. The van der Waals surface area contributed by atoms with Crippen LogP contribution in [-0.2, 0) is 9.84 Å². The van der Waals surface area contributed by atoms with Gasteiger partial charge in [0.15, 0.2) is 9.84 Å². The van der Waals surface area contributed by atoms with E-state index in [1.807, 2.05) is 0 Å². The van der Waals surface area contributed by atoms with Crippen LogP contribution in [0.15, 0.2) is 18.2 Å². The highest BCUT2D eigenvalue weighted by molar-refractivity contribution is 7.91. The van der Waals surface area contributed by atoms with Crippen LogP contribution in [0.2, 0.25) is 0 Å². The number of benzene rings is 1. The van der Waals surface area contributed by atoms with Gasteiger partial charge in [-0.15, -0.1) is 0 Å². The van der Waals surface area contributed by atoms with Crippen LogP contribution in [0.1, 0.15) is 24.9 Å². The van der Waals surface area contributed by atoms with Crippen LogP contribution in [0.5, 0.6) is 0 Å². The summed E-state index contributed by atoms with van der Waals surface area (Å²) in [4.78, 5) is 11.8. The van der Waals surface area contributed by atoms with Gasteiger partial charge in [0.25, 0.3) is 0 Å². The quantitative estimate of drug-likeness (QED) is 0.887. The smallest absolute Gasteiger partial charge is 0.315 e. The molecule has 116 valence electrons. The van der Waals surface area contributed by atoms with Crippen LogP contribution in [-0.4, -0.2) is 32.0 Å². The minimum atomic E-state index is -3.09. The molecule has 0 spiro atoms. The summed E-state index contributed by atoms with van der Waals surface area (Å²) >= 11 is 0. The molecule has 0 saturated carbocycles. The Bertz CT molecular complexity index is 649. The Morgan fingerprint density at radius 2 is 2.10 bits per heavy atom. The molecule has 1 saturated heterocycles. The van der Waals surface area contributed by atoms with E-state index >= 15 is 0 Å². The Morgan fingerprint density at radius 1 is 1.38 bits per heavy atom. The molecule has 1 aromatic rings. The molecule has 0 radical (unpaired) electrons. The number of nitrogens with one attached hydrogen (secondary N) is 2. The third-order valence-corrected chi connectivity index (χ3v) is 5.11. The molecular weight excluding hydrogens is 302 g/mol. The molecule has 2 amide bonds. The number of hydrogen-bond donors (Lipinski definition) is 2. The first kappa shape index (κ1) is 15.7. The molecule has 0 aliphatic carbocycles. The monoisotopic (exact) mass is 318 g/mol. The summed E-state index contributed by atoms with van der Waals surface area (Å²) in [5.41, 5.74) is 0.0317. The Labute approximate surface area is 121 Å². The number of sulfone groups is 1. The van der Waals surface area contributed by atoms with Gasteiger partial charge in [-0.2, -0.15) is 0 Å². The van der Waals surface area contributed by atoms with Crippen molar-refractivity contribution in [2.75, 3.05) is 11.5 Å². The minimum absolute atomic E-state index is 0.0317. The molecule has 1 aliphatic rings. The second kappa shape index (κ2) is 5.97. The second-order valence-electron chi connectivity index (χ2n) is 5.11. The SMILES string of the molecule is C[C@@H](NC(=O)N[C@H]1CCS(=O)(=O)C1)c1cc(F)ccc1F. The van der Waals surface area contributed by atoms with Crippen LogP contribution in [0.4, 0.5) is 13.6 Å². The van der Waals surface area contributed by atoms with Crippen molar-refractivity contribution in [1.29, 1.82) is 0 Å². The molecular formula is C13H16F2N2O3S. The van der Waals surface area contributed by atoms with Crippen molar-refractivity contribution in [2.24, 2.45) is 0 Å². The zero-order valence-electron chi connectivity index (χ0n) is 11.4. The van der Waals surface area contributed by atoms with Crippen LogP contribution >= 0.6 is 0 Å². The largest absolute Gasteiger partial charge is 0.334 e. The molecule has 1 aromatic carbocycles. The lowest BCUT2D eigenvalue weighted by atomic mass is 10.1. The number of rotatable bonds is 3. The molecule has 0 bridgehead atoms. The third kappa shape index (κ3) is 4.13. The van der Waals surface area contributed by atoms with Gasteiger partial charge in [0.1, 0.15) is 11.6 Å². The van der Waals surface area contributed by atoms with Crippen molar-refractivity contribution in [1.82, 2.24) is 10.6 Å². The van der Waals surface area contributed by atoms with Crippen LogP contribution < -0.4 is 10.6 Å². The van der Waals surface area contributed by atoms with E-state index in [0.29, 0.717) is 6.42 Å². The van der Waals surface area contributed by atoms with E-state index in [1.165, 1.54) is 6.92 Å². The minimum Gasteiger partial charge on any atom is -0.334 e. The predicted octanol–water partition coefficient (Wildman–Crippen LogP) is 1.51. The summed E-state index contributed by atoms with van der Waals surface area (Å²) in [6.07, 6.45) is 0.360. The Balaban J connectivity index is 1.95. The van der Waals surface area contributed by atoms with Crippen LogP contribution in [0, 0.1) is 11.6 Å². The van der Waals surface area contributed by atoms with Crippen molar-refractivity contribution in [3.8, 4) is 0 Å². The highest BCUT2D eigenvalue weighted by Crippen LogP contribution is 2.18. The van der Waals surface area contributed by atoms with Gasteiger partial charge in [0, 0.05) is 11.6 Å². The van der Waals surface area contributed by atoms with Gasteiger partial charge in [0.2, 0.25) is 0 Å². The Hall–Kier alpha value is -1.70. The van der Waals surface area contributed by atoms with Gasteiger partial charge in [-0.25, -0.2) is 22.0 Å². The summed E-state index contributed by atoms with van der Waals surface area (Å²) in [5, 5.41) is 4.99. The average molecular weight is 318 g/mol. The van der Waals surface area contributed by atoms with Crippen molar-refractivity contribution < 1.29 is 22.0 Å². The third-order valence-electron chi connectivity index (χ3n) is 3.34. The van der Waals surface area contributed by atoms with E-state index < -0.39 is 39.6 Å². The van der Waals surface area contributed by atoms with E-state index in [4.69, 9.17) is 0 Å².